The third-order valence-corrected chi connectivity index (χ3v) is 5.42. The molecule has 1 N–H and O–H groups in total. The van der Waals surface area contributed by atoms with Crippen molar-refractivity contribution in [2.75, 3.05) is 31.1 Å². The predicted molar refractivity (Wildman–Crippen MR) is 104 cm³/mol. The Balaban J connectivity index is 1.32. The van der Waals surface area contributed by atoms with Gasteiger partial charge in [-0.1, -0.05) is 36.4 Å². The van der Waals surface area contributed by atoms with Crippen LogP contribution in [0.15, 0.2) is 48.5 Å². The van der Waals surface area contributed by atoms with Crippen LogP contribution in [0.3, 0.4) is 0 Å². The minimum absolute atomic E-state index is 0.00714. The number of amides is 1. The third-order valence-electron chi connectivity index (χ3n) is 5.42. The van der Waals surface area contributed by atoms with Gasteiger partial charge in [-0.05, 0) is 48.9 Å². The molecule has 136 valence electrons. The van der Waals surface area contributed by atoms with Crippen molar-refractivity contribution in [1.29, 1.82) is 0 Å². The molecule has 0 saturated heterocycles. The number of aryl methyl sites for hydroxylation is 1. The first kappa shape index (κ1) is 17.0. The number of hydrogen-bond donors (Lipinski definition) is 1. The van der Waals surface area contributed by atoms with Gasteiger partial charge in [-0.2, -0.15) is 0 Å². The molecule has 0 aromatic heterocycles. The highest BCUT2D eigenvalue weighted by molar-refractivity contribution is 5.79. The Morgan fingerprint density at radius 3 is 2.85 bits per heavy atom. The van der Waals surface area contributed by atoms with E-state index in [1.165, 1.54) is 17.7 Å². The fourth-order valence-electron chi connectivity index (χ4n) is 4.02. The molecule has 0 fully saturated rings. The molecule has 4 heteroatoms. The van der Waals surface area contributed by atoms with Crippen LogP contribution in [0, 0.1) is 5.92 Å². The molecule has 0 spiro atoms. The molecule has 0 aliphatic carbocycles. The summed E-state index contributed by atoms with van der Waals surface area (Å²) in [5.74, 6) is 1.07. The van der Waals surface area contributed by atoms with E-state index < -0.39 is 0 Å². The molecule has 4 rings (SSSR count). The van der Waals surface area contributed by atoms with Crippen molar-refractivity contribution in [3.8, 4) is 5.75 Å². The second-order valence-corrected chi connectivity index (χ2v) is 7.16. The Kier molecular flexibility index (Phi) is 5.09. The van der Waals surface area contributed by atoms with Gasteiger partial charge in [0.05, 0.1) is 6.61 Å². The SMILES string of the molecule is O=C(NCCN1CCCc2ccccc21)[C@@H]1CCOc2ccccc2C1. The van der Waals surface area contributed by atoms with Crippen LogP contribution in [0.5, 0.6) is 5.75 Å². The summed E-state index contributed by atoms with van der Waals surface area (Å²) in [5.41, 5.74) is 3.88. The number of carbonyl (C=O) groups excluding carboxylic acids is 1. The standard InChI is InChI=1S/C22H26N2O2/c25-22(19-11-15-26-21-10-4-2-7-18(21)16-19)23-12-14-24-13-5-8-17-6-1-3-9-20(17)24/h1-4,6-7,9-10,19H,5,8,11-16H2,(H,23,25)/t19-/m1/s1. The number of nitrogens with zero attached hydrogens (tertiary/aromatic N) is 1. The summed E-state index contributed by atoms with van der Waals surface area (Å²) in [7, 11) is 0. The Morgan fingerprint density at radius 2 is 1.92 bits per heavy atom. The molecule has 2 aliphatic heterocycles. The van der Waals surface area contributed by atoms with Crippen molar-refractivity contribution in [2.45, 2.75) is 25.7 Å². The lowest BCUT2D eigenvalue weighted by Gasteiger charge is -2.31. The maximum atomic E-state index is 12.7. The fraction of sp³-hybridized carbons (Fsp3) is 0.409. The fourth-order valence-corrected chi connectivity index (χ4v) is 4.02. The first-order valence-electron chi connectivity index (χ1n) is 9.62. The molecular weight excluding hydrogens is 324 g/mol. The Morgan fingerprint density at radius 1 is 1.12 bits per heavy atom. The molecule has 0 unspecified atom stereocenters. The average molecular weight is 350 g/mol. The highest BCUT2D eigenvalue weighted by Gasteiger charge is 2.24. The van der Waals surface area contributed by atoms with Crippen molar-refractivity contribution >= 4 is 11.6 Å². The van der Waals surface area contributed by atoms with E-state index in [2.05, 4.69) is 40.5 Å². The lowest BCUT2D eigenvalue weighted by Crippen LogP contribution is -2.40. The van der Waals surface area contributed by atoms with Gasteiger partial charge in [0.2, 0.25) is 5.91 Å². The number of fused-ring (bicyclic) bond motifs is 2. The summed E-state index contributed by atoms with van der Waals surface area (Å²) < 4.78 is 5.78. The summed E-state index contributed by atoms with van der Waals surface area (Å²) in [6.45, 7) is 3.22. The number of rotatable bonds is 4. The van der Waals surface area contributed by atoms with E-state index in [9.17, 15) is 4.79 Å². The van der Waals surface area contributed by atoms with E-state index in [0.29, 0.717) is 13.2 Å². The lowest BCUT2D eigenvalue weighted by atomic mass is 9.96. The maximum absolute atomic E-state index is 12.7. The Bertz CT molecular complexity index is 774. The second-order valence-electron chi connectivity index (χ2n) is 7.16. The Hall–Kier alpha value is -2.49. The van der Waals surface area contributed by atoms with Gasteiger partial charge in [0, 0.05) is 31.2 Å². The molecule has 2 heterocycles. The van der Waals surface area contributed by atoms with Gasteiger partial charge in [-0.3, -0.25) is 4.79 Å². The highest BCUT2D eigenvalue weighted by Crippen LogP contribution is 2.27. The third kappa shape index (κ3) is 3.69. The first-order valence-corrected chi connectivity index (χ1v) is 9.62. The predicted octanol–water partition coefficient (Wildman–Crippen LogP) is 3.20. The van der Waals surface area contributed by atoms with Crippen molar-refractivity contribution in [3.05, 3.63) is 59.7 Å². The number of anilines is 1. The second kappa shape index (κ2) is 7.81. The van der Waals surface area contributed by atoms with E-state index in [0.717, 1.165) is 43.7 Å². The van der Waals surface area contributed by atoms with Gasteiger partial charge >= 0.3 is 0 Å². The number of nitrogens with one attached hydrogen (secondary N) is 1. The molecule has 2 aliphatic rings. The quantitative estimate of drug-likeness (QED) is 0.921. The summed E-state index contributed by atoms with van der Waals surface area (Å²) in [4.78, 5) is 15.1. The van der Waals surface area contributed by atoms with Crippen molar-refractivity contribution in [3.63, 3.8) is 0 Å². The minimum Gasteiger partial charge on any atom is -0.493 e. The molecule has 26 heavy (non-hydrogen) atoms. The van der Waals surface area contributed by atoms with Gasteiger partial charge in [0.25, 0.3) is 0 Å². The molecule has 4 nitrogen and oxygen atoms in total. The Labute approximate surface area is 155 Å². The van der Waals surface area contributed by atoms with Crippen LogP contribution in [-0.2, 0) is 17.6 Å². The van der Waals surface area contributed by atoms with Crippen molar-refractivity contribution in [2.24, 2.45) is 5.92 Å². The van der Waals surface area contributed by atoms with E-state index >= 15 is 0 Å². The van der Waals surface area contributed by atoms with Crippen molar-refractivity contribution in [1.82, 2.24) is 5.32 Å². The molecule has 0 radical (unpaired) electrons. The van der Waals surface area contributed by atoms with Gasteiger partial charge in [-0.15, -0.1) is 0 Å². The number of benzene rings is 2. The van der Waals surface area contributed by atoms with Gasteiger partial charge < -0.3 is 15.0 Å². The highest BCUT2D eigenvalue weighted by atomic mass is 16.5. The topological polar surface area (TPSA) is 41.6 Å². The summed E-state index contributed by atoms with van der Waals surface area (Å²) in [5, 5.41) is 3.15. The smallest absolute Gasteiger partial charge is 0.223 e. The molecule has 2 aromatic rings. The van der Waals surface area contributed by atoms with E-state index in [1.807, 2.05) is 18.2 Å². The molecular formula is C22H26N2O2. The molecule has 1 atom stereocenters. The zero-order chi connectivity index (χ0) is 17.8. The summed E-state index contributed by atoms with van der Waals surface area (Å²) in [6, 6.07) is 16.6. The van der Waals surface area contributed by atoms with Crippen molar-refractivity contribution < 1.29 is 9.53 Å². The van der Waals surface area contributed by atoms with Gasteiger partial charge in [0.15, 0.2) is 0 Å². The molecule has 1 amide bonds. The first-order chi connectivity index (χ1) is 12.8. The van der Waals surface area contributed by atoms with Crippen LogP contribution in [0.2, 0.25) is 0 Å². The summed E-state index contributed by atoms with van der Waals surface area (Å²) >= 11 is 0. The number of carbonyl (C=O) groups is 1. The average Bonchev–Trinajstić information content (AvgIpc) is 2.90. The van der Waals surface area contributed by atoms with E-state index in [4.69, 9.17) is 4.74 Å². The van der Waals surface area contributed by atoms with Crippen LogP contribution in [0.4, 0.5) is 5.69 Å². The number of ether oxygens (including phenoxy) is 1. The minimum atomic E-state index is -0.00714. The summed E-state index contributed by atoms with van der Waals surface area (Å²) in [6.07, 6.45) is 3.86. The number of para-hydroxylation sites is 2. The lowest BCUT2D eigenvalue weighted by molar-refractivity contribution is -0.125. The number of hydrogen-bond acceptors (Lipinski definition) is 3. The van der Waals surface area contributed by atoms with Crippen LogP contribution >= 0.6 is 0 Å². The van der Waals surface area contributed by atoms with Gasteiger partial charge in [-0.25, -0.2) is 0 Å². The van der Waals surface area contributed by atoms with Crippen LogP contribution in [-0.4, -0.2) is 32.1 Å². The van der Waals surface area contributed by atoms with Crippen LogP contribution in [0.1, 0.15) is 24.0 Å². The van der Waals surface area contributed by atoms with Crippen LogP contribution in [0.25, 0.3) is 0 Å². The zero-order valence-electron chi connectivity index (χ0n) is 15.1. The van der Waals surface area contributed by atoms with Gasteiger partial charge in [0.1, 0.15) is 5.75 Å². The molecule has 2 aromatic carbocycles. The molecule has 0 saturated carbocycles. The van der Waals surface area contributed by atoms with E-state index in [1.54, 1.807) is 0 Å². The normalized spacial score (nSPS) is 18.9. The maximum Gasteiger partial charge on any atom is 0.223 e. The zero-order valence-corrected chi connectivity index (χ0v) is 15.1. The van der Waals surface area contributed by atoms with E-state index in [-0.39, 0.29) is 11.8 Å². The largest absolute Gasteiger partial charge is 0.493 e. The van der Waals surface area contributed by atoms with Crippen LogP contribution < -0.4 is 15.0 Å². The molecule has 0 bridgehead atoms. The monoisotopic (exact) mass is 350 g/mol.